The largest absolute Gasteiger partial charge is 0.338 e. The van der Waals surface area contributed by atoms with Crippen LogP contribution in [0.25, 0.3) is 5.69 Å². The number of piperidine rings is 1. The van der Waals surface area contributed by atoms with E-state index in [-0.39, 0.29) is 11.5 Å². The second-order valence-corrected chi connectivity index (χ2v) is 9.69. The van der Waals surface area contributed by atoms with Crippen molar-refractivity contribution in [2.45, 2.75) is 38.3 Å². The molecule has 2 N–H and O–H groups in total. The minimum Gasteiger partial charge on any atom is -0.338 e. The van der Waals surface area contributed by atoms with E-state index in [9.17, 15) is 4.79 Å². The summed E-state index contributed by atoms with van der Waals surface area (Å²) in [6.07, 6.45) is 7.55. The van der Waals surface area contributed by atoms with Crippen LogP contribution in [-0.4, -0.2) is 51.7 Å². The lowest BCUT2D eigenvalue weighted by molar-refractivity contribution is -0.128. The number of benzene rings is 2. The SMILES string of the molecule is N[C@@H](CCN1CCC2(CC1)CC(=O)N(Cc1ccc(-n3cccn3)cc1)C2)c1ccccc1. The van der Waals surface area contributed by atoms with Crippen LogP contribution in [0.1, 0.15) is 42.9 Å². The fourth-order valence-electron chi connectivity index (χ4n) is 5.30. The Hall–Kier alpha value is -2.96. The molecular weight excluding hydrogens is 410 g/mol. The Morgan fingerprint density at radius 1 is 1.00 bits per heavy atom. The fourth-order valence-corrected chi connectivity index (χ4v) is 5.30. The first-order valence-electron chi connectivity index (χ1n) is 12.0. The molecule has 1 spiro atoms. The number of rotatable bonds is 7. The highest BCUT2D eigenvalue weighted by atomic mass is 16.2. The number of aromatic nitrogens is 2. The van der Waals surface area contributed by atoms with Gasteiger partial charge in [0, 0.05) is 37.9 Å². The van der Waals surface area contributed by atoms with E-state index in [1.807, 2.05) is 23.0 Å². The number of hydrogen-bond donors (Lipinski definition) is 1. The Kier molecular flexibility index (Phi) is 6.29. The predicted molar refractivity (Wildman–Crippen MR) is 130 cm³/mol. The summed E-state index contributed by atoms with van der Waals surface area (Å²) in [5.41, 5.74) is 9.95. The van der Waals surface area contributed by atoms with E-state index in [0.29, 0.717) is 18.9 Å². The number of amides is 1. The normalized spacial score (nSPS) is 19.3. The molecule has 5 rings (SSSR count). The second kappa shape index (κ2) is 9.49. The lowest BCUT2D eigenvalue weighted by Crippen LogP contribution is -2.42. The van der Waals surface area contributed by atoms with Crippen LogP contribution < -0.4 is 5.73 Å². The summed E-state index contributed by atoms with van der Waals surface area (Å²) in [4.78, 5) is 17.4. The average Bonchev–Trinajstić information content (AvgIpc) is 3.48. The molecule has 33 heavy (non-hydrogen) atoms. The van der Waals surface area contributed by atoms with Gasteiger partial charge < -0.3 is 15.5 Å². The number of hydrogen-bond acceptors (Lipinski definition) is 4. The molecule has 0 bridgehead atoms. The van der Waals surface area contributed by atoms with E-state index in [1.165, 1.54) is 11.1 Å². The molecule has 0 radical (unpaired) electrons. The molecule has 2 saturated heterocycles. The first-order valence-corrected chi connectivity index (χ1v) is 12.0. The maximum Gasteiger partial charge on any atom is 0.223 e. The lowest BCUT2D eigenvalue weighted by Gasteiger charge is -2.39. The molecule has 2 aromatic carbocycles. The number of likely N-dealkylation sites (tertiary alicyclic amines) is 2. The van der Waals surface area contributed by atoms with Crippen LogP contribution in [0.4, 0.5) is 0 Å². The minimum absolute atomic E-state index is 0.0883. The first-order chi connectivity index (χ1) is 16.1. The van der Waals surface area contributed by atoms with E-state index < -0.39 is 0 Å². The summed E-state index contributed by atoms with van der Waals surface area (Å²) in [6, 6.07) is 20.7. The lowest BCUT2D eigenvalue weighted by atomic mass is 9.77. The fraction of sp³-hybridized carbons (Fsp3) is 0.407. The maximum atomic E-state index is 12.8. The second-order valence-electron chi connectivity index (χ2n) is 9.69. The van der Waals surface area contributed by atoms with Gasteiger partial charge in [-0.15, -0.1) is 0 Å². The van der Waals surface area contributed by atoms with Crippen LogP contribution in [0.15, 0.2) is 73.1 Å². The van der Waals surface area contributed by atoms with Gasteiger partial charge in [-0.05, 0) is 73.6 Å². The maximum absolute atomic E-state index is 12.8. The molecule has 1 amide bonds. The number of carbonyl (C=O) groups excluding carboxylic acids is 1. The van der Waals surface area contributed by atoms with Crippen molar-refractivity contribution in [2.24, 2.45) is 11.1 Å². The van der Waals surface area contributed by atoms with Gasteiger partial charge in [-0.1, -0.05) is 42.5 Å². The summed E-state index contributed by atoms with van der Waals surface area (Å²) in [6.45, 7) is 4.70. The molecular formula is C27H33N5O. The van der Waals surface area contributed by atoms with E-state index in [2.05, 4.69) is 63.4 Å². The van der Waals surface area contributed by atoms with Crippen LogP contribution >= 0.6 is 0 Å². The third-order valence-electron chi connectivity index (χ3n) is 7.38. The van der Waals surface area contributed by atoms with E-state index in [1.54, 1.807) is 6.20 Å². The predicted octanol–water partition coefficient (Wildman–Crippen LogP) is 3.78. The first kappa shape index (κ1) is 21.9. The summed E-state index contributed by atoms with van der Waals surface area (Å²) >= 11 is 0. The Labute approximate surface area is 196 Å². The summed E-state index contributed by atoms with van der Waals surface area (Å²) in [5.74, 6) is 0.297. The highest BCUT2D eigenvalue weighted by molar-refractivity contribution is 5.79. The summed E-state index contributed by atoms with van der Waals surface area (Å²) in [5, 5.41) is 4.27. The zero-order valence-electron chi connectivity index (χ0n) is 19.1. The zero-order valence-corrected chi connectivity index (χ0v) is 19.1. The van der Waals surface area contributed by atoms with Gasteiger partial charge in [-0.3, -0.25) is 4.79 Å². The smallest absolute Gasteiger partial charge is 0.223 e. The van der Waals surface area contributed by atoms with Gasteiger partial charge in [0.05, 0.1) is 5.69 Å². The van der Waals surface area contributed by atoms with Crippen molar-refractivity contribution in [1.29, 1.82) is 0 Å². The van der Waals surface area contributed by atoms with Crippen LogP contribution in [-0.2, 0) is 11.3 Å². The summed E-state index contributed by atoms with van der Waals surface area (Å²) in [7, 11) is 0. The van der Waals surface area contributed by atoms with Crippen molar-refractivity contribution in [1.82, 2.24) is 19.6 Å². The third-order valence-corrected chi connectivity index (χ3v) is 7.38. The Bertz CT molecular complexity index is 1040. The van der Waals surface area contributed by atoms with Gasteiger partial charge in [0.1, 0.15) is 0 Å². The number of nitrogens with two attached hydrogens (primary N) is 1. The molecule has 6 heteroatoms. The molecule has 172 valence electrons. The molecule has 2 fully saturated rings. The highest BCUT2D eigenvalue weighted by Gasteiger charge is 2.44. The van der Waals surface area contributed by atoms with Gasteiger partial charge >= 0.3 is 0 Å². The van der Waals surface area contributed by atoms with Crippen molar-refractivity contribution >= 4 is 5.91 Å². The Balaban J connectivity index is 1.12. The average molecular weight is 444 g/mol. The Morgan fingerprint density at radius 2 is 1.76 bits per heavy atom. The van der Waals surface area contributed by atoms with Crippen LogP contribution in [0, 0.1) is 5.41 Å². The summed E-state index contributed by atoms with van der Waals surface area (Å²) < 4.78 is 1.85. The monoisotopic (exact) mass is 443 g/mol. The standard InChI is InChI=1S/C27H33N5O/c28-25(23-5-2-1-3-6-23)11-16-30-17-12-27(13-18-30)19-26(33)31(21-27)20-22-7-9-24(10-8-22)32-15-4-14-29-32/h1-10,14-15,25H,11-13,16-21,28H2/t25-/m0/s1. The number of carbonyl (C=O) groups is 1. The van der Waals surface area contributed by atoms with E-state index >= 15 is 0 Å². The molecule has 1 aromatic heterocycles. The molecule has 2 aliphatic heterocycles. The van der Waals surface area contributed by atoms with Gasteiger partial charge in [-0.25, -0.2) is 4.68 Å². The van der Waals surface area contributed by atoms with Gasteiger partial charge in [-0.2, -0.15) is 5.10 Å². The third kappa shape index (κ3) is 5.02. The van der Waals surface area contributed by atoms with Gasteiger partial charge in [0.25, 0.3) is 0 Å². The molecule has 0 unspecified atom stereocenters. The topological polar surface area (TPSA) is 67.4 Å². The van der Waals surface area contributed by atoms with Crippen LogP contribution in [0.2, 0.25) is 0 Å². The van der Waals surface area contributed by atoms with E-state index in [0.717, 1.165) is 51.1 Å². The molecule has 0 saturated carbocycles. The molecule has 0 aliphatic carbocycles. The van der Waals surface area contributed by atoms with Crippen LogP contribution in [0.3, 0.4) is 0 Å². The quantitative estimate of drug-likeness (QED) is 0.604. The van der Waals surface area contributed by atoms with Crippen LogP contribution in [0.5, 0.6) is 0 Å². The molecule has 6 nitrogen and oxygen atoms in total. The van der Waals surface area contributed by atoms with Crippen molar-refractivity contribution in [3.63, 3.8) is 0 Å². The van der Waals surface area contributed by atoms with E-state index in [4.69, 9.17) is 5.73 Å². The highest BCUT2D eigenvalue weighted by Crippen LogP contribution is 2.41. The van der Waals surface area contributed by atoms with Gasteiger partial charge in [0.2, 0.25) is 5.91 Å². The molecule has 3 heterocycles. The van der Waals surface area contributed by atoms with Crippen molar-refractivity contribution in [3.05, 3.63) is 84.2 Å². The van der Waals surface area contributed by atoms with Gasteiger partial charge in [0.15, 0.2) is 0 Å². The molecule has 3 aromatic rings. The zero-order chi connectivity index (χ0) is 22.7. The van der Waals surface area contributed by atoms with Crippen molar-refractivity contribution < 1.29 is 4.79 Å². The molecule has 1 atom stereocenters. The molecule has 2 aliphatic rings. The Morgan fingerprint density at radius 3 is 2.45 bits per heavy atom. The minimum atomic E-state index is 0.0883. The van der Waals surface area contributed by atoms with Crippen molar-refractivity contribution in [2.75, 3.05) is 26.2 Å². The number of nitrogens with zero attached hydrogens (tertiary/aromatic N) is 4. The van der Waals surface area contributed by atoms with Crippen molar-refractivity contribution in [3.8, 4) is 5.69 Å².